The molecule has 1 unspecified atom stereocenters. The summed E-state index contributed by atoms with van der Waals surface area (Å²) in [5.74, 6) is 0. The lowest BCUT2D eigenvalue weighted by atomic mass is 9.93. The van der Waals surface area contributed by atoms with Crippen molar-refractivity contribution in [1.29, 1.82) is 0 Å². The van der Waals surface area contributed by atoms with Crippen LogP contribution in [0.2, 0.25) is 0 Å². The lowest BCUT2D eigenvalue weighted by Gasteiger charge is -2.23. The number of allylic oxidation sites excluding steroid dienone is 1. The summed E-state index contributed by atoms with van der Waals surface area (Å²) in [6.07, 6.45) is 7.66. The van der Waals surface area contributed by atoms with E-state index in [2.05, 4.69) is 47.2 Å². The fourth-order valence-corrected chi connectivity index (χ4v) is 4.06. The number of likely N-dealkylation sites (N-methyl/N-ethyl adjacent to an activating group) is 1. The second kappa shape index (κ2) is 6.17. The molecule has 0 spiro atoms. The van der Waals surface area contributed by atoms with Crippen LogP contribution in [0.25, 0.3) is 0 Å². The van der Waals surface area contributed by atoms with Gasteiger partial charge in [-0.2, -0.15) is 0 Å². The minimum absolute atomic E-state index is 0.440. The van der Waals surface area contributed by atoms with Crippen LogP contribution >= 0.6 is 27.3 Å². The standard InChI is InChI=1S/C14H20BrNS/c1-3-16-13(11-7-5-4-6-8-11)12-9-10(2)14(15)17-12/h7,9,13,16H,3-6,8H2,1-2H3. The predicted molar refractivity (Wildman–Crippen MR) is 79.7 cm³/mol. The van der Waals surface area contributed by atoms with Crippen LogP contribution in [-0.2, 0) is 0 Å². The minimum atomic E-state index is 0.440. The Morgan fingerprint density at radius 3 is 2.82 bits per heavy atom. The molecule has 1 aliphatic rings. The van der Waals surface area contributed by atoms with Crippen molar-refractivity contribution in [3.63, 3.8) is 0 Å². The van der Waals surface area contributed by atoms with E-state index in [1.54, 1.807) is 5.57 Å². The molecule has 0 fully saturated rings. The fraction of sp³-hybridized carbons (Fsp3) is 0.571. The van der Waals surface area contributed by atoms with Crippen molar-refractivity contribution in [3.05, 3.63) is 31.9 Å². The van der Waals surface area contributed by atoms with Crippen molar-refractivity contribution in [3.8, 4) is 0 Å². The molecule has 17 heavy (non-hydrogen) atoms. The first-order valence-electron chi connectivity index (χ1n) is 6.40. The van der Waals surface area contributed by atoms with Crippen LogP contribution < -0.4 is 5.32 Å². The first kappa shape index (κ1) is 13.3. The molecule has 0 aromatic carbocycles. The second-order valence-corrected chi connectivity index (χ2v) is 7.02. The molecule has 1 aromatic heterocycles. The van der Waals surface area contributed by atoms with Gasteiger partial charge in [-0.15, -0.1) is 11.3 Å². The number of hydrogen-bond donors (Lipinski definition) is 1. The van der Waals surface area contributed by atoms with E-state index < -0.39 is 0 Å². The van der Waals surface area contributed by atoms with Crippen molar-refractivity contribution in [1.82, 2.24) is 5.32 Å². The topological polar surface area (TPSA) is 12.0 Å². The molecule has 1 atom stereocenters. The molecular weight excluding hydrogens is 294 g/mol. The first-order valence-corrected chi connectivity index (χ1v) is 8.01. The van der Waals surface area contributed by atoms with Crippen molar-refractivity contribution in [2.45, 2.75) is 45.6 Å². The van der Waals surface area contributed by atoms with E-state index >= 15 is 0 Å². The summed E-state index contributed by atoms with van der Waals surface area (Å²) in [6.45, 7) is 5.38. The zero-order valence-electron chi connectivity index (χ0n) is 10.6. The van der Waals surface area contributed by atoms with Crippen LogP contribution in [0.4, 0.5) is 0 Å². The molecule has 0 saturated heterocycles. The van der Waals surface area contributed by atoms with Gasteiger partial charge >= 0.3 is 0 Å². The Morgan fingerprint density at radius 1 is 1.47 bits per heavy atom. The molecule has 0 saturated carbocycles. The van der Waals surface area contributed by atoms with E-state index in [1.165, 1.54) is 39.9 Å². The summed E-state index contributed by atoms with van der Waals surface area (Å²) in [4.78, 5) is 1.45. The molecule has 94 valence electrons. The first-order chi connectivity index (χ1) is 8.22. The zero-order valence-corrected chi connectivity index (χ0v) is 13.0. The Balaban J connectivity index is 2.24. The van der Waals surface area contributed by atoms with Gasteiger partial charge in [0.15, 0.2) is 0 Å². The maximum Gasteiger partial charge on any atom is 0.0731 e. The number of nitrogens with one attached hydrogen (secondary N) is 1. The van der Waals surface area contributed by atoms with Crippen LogP contribution in [0, 0.1) is 6.92 Å². The van der Waals surface area contributed by atoms with E-state index in [9.17, 15) is 0 Å². The zero-order chi connectivity index (χ0) is 12.3. The smallest absolute Gasteiger partial charge is 0.0731 e. The van der Waals surface area contributed by atoms with Gasteiger partial charge in [0.05, 0.1) is 9.83 Å². The van der Waals surface area contributed by atoms with Crippen LogP contribution in [0.1, 0.15) is 49.1 Å². The Bertz CT molecular complexity index is 389. The predicted octanol–water partition coefficient (Wildman–Crippen LogP) is 4.97. The quantitative estimate of drug-likeness (QED) is 0.774. The highest BCUT2D eigenvalue weighted by Crippen LogP contribution is 2.37. The normalized spacial score (nSPS) is 17.9. The van der Waals surface area contributed by atoms with E-state index in [0.29, 0.717) is 6.04 Å². The van der Waals surface area contributed by atoms with Gasteiger partial charge in [-0.25, -0.2) is 0 Å². The molecule has 3 heteroatoms. The van der Waals surface area contributed by atoms with E-state index in [-0.39, 0.29) is 0 Å². The average molecular weight is 314 g/mol. The van der Waals surface area contributed by atoms with Gasteiger partial charge in [-0.05, 0) is 66.7 Å². The largest absolute Gasteiger partial charge is 0.306 e. The third-order valence-corrected chi connectivity index (χ3v) is 5.47. The lowest BCUT2D eigenvalue weighted by molar-refractivity contribution is 0.570. The molecule has 0 radical (unpaired) electrons. The summed E-state index contributed by atoms with van der Waals surface area (Å²) < 4.78 is 1.27. The third-order valence-electron chi connectivity index (χ3n) is 3.27. The van der Waals surface area contributed by atoms with E-state index in [4.69, 9.17) is 0 Å². The van der Waals surface area contributed by atoms with Crippen LogP contribution in [0.15, 0.2) is 21.5 Å². The number of aryl methyl sites for hydroxylation is 1. The molecule has 2 rings (SSSR count). The molecule has 1 aromatic rings. The molecule has 0 aliphatic heterocycles. The van der Waals surface area contributed by atoms with Gasteiger partial charge in [0.1, 0.15) is 0 Å². The summed E-state index contributed by atoms with van der Waals surface area (Å²) in [5.41, 5.74) is 2.94. The lowest BCUT2D eigenvalue weighted by Crippen LogP contribution is -2.22. The van der Waals surface area contributed by atoms with Crippen molar-refractivity contribution < 1.29 is 0 Å². The summed E-state index contributed by atoms with van der Waals surface area (Å²) in [6, 6.07) is 2.76. The second-order valence-electron chi connectivity index (χ2n) is 4.62. The molecular formula is C14H20BrNS. The van der Waals surface area contributed by atoms with Gasteiger partial charge in [0.25, 0.3) is 0 Å². The minimum Gasteiger partial charge on any atom is -0.306 e. The Labute approximate surface area is 116 Å². The Kier molecular flexibility index (Phi) is 4.83. The van der Waals surface area contributed by atoms with Crippen LogP contribution in [0.5, 0.6) is 0 Å². The van der Waals surface area contributed by atoms with Crippen LogP contribution in [-0.4, -0.2) is 6.54 Å². The summed E-state index contributed by atoms with van der Waals surface area (Å²) in [5, 5.41) is 3.63. The fourth-order valence-electron chi connectivity index (χ4n) is 2.37. The number of hydrogen-bond acceptors (Lipinski definition) is 2. The monoisotopic (exact) mass is 313 g/mol. The highest BCUT2D eigenvalue weighted by Gasteiger charge is 2.19. The van der Waals surface area contributed by atoms with E-state index in [1.807, 2.05) is 11.3 Å². The number of thiophene rings is 1. The molecule has 1 nitrogen and oxygen atoms in total. The number of rotatable bonds is 4. The van der Waals surface area contributed by atoms with Gasteiger partial charge < -0.3 is 5.32 Å². The summed E-state index contributed by atoms with van der Waals surface area (Å²) in [7, 11) is 0. The van der Waals surface area contributed by atoms with Gasteiger partial charge in [0, 0.05) is 4.88 Å². The highest BCUT2D eigenvalue weighted by atomic mass is 79.9. The van der Waals surface area contributed by atoms with Gasteiger partial charge in [-0.3, -0.25) is 0 Å². The SMILES string of the molecule is CCNC(C1=CCCCC1)c1cc(C)c(Br)s1. The maximum absolute atomic E-state index is 3.63. The average Bonchev–Trinajstić information content (AvgIpc) is 2.67. The van der Waals surface area contributed by atoms with Crippen molar-refractivity contribution in [2.75, 3.05) is 6.54 Å². The van der Waals surface area contributed by atoms with Gasteiger partial charge in [-0.1, -0.05) is 18.6 Å². The third kappa shape index (κ3) is 3.21. The molecule has 1 N–H and O–H groups in total. The molecule has 0 amide bonds. The van der Waals surface area contributed by atoms with Crippen molar-refractivity contribution >= 4 is 27.3 Å². The van der Waals surface area contributed by atoms with Crippen molar-refractivity contribution in [2.24, 2.45) is 0 Å². The van der Waals surface area contributed by atoms with Gasteiger partial charge in [0.2, 0.25) is 0 Å². The highest BCUT2D eigenvalue weighted by molar-refractivity contribution is 9.11. The Hall–Kier alpha value is -0.120. The number of halogens is 1. The molecule has 1 aliphatic carbocycles. The molecule has 1 heterocycles. The Morgan fingerprint density at radius 2 is 2.29 bits per heavy atom. The van der Waals surface area contributed by atoms with Crippen LogP contribution in [0.3, 0.4) is 0 Å². The van der Waals surface area contributed by atoms with E-state index in [0.717, 1.165) is 6.54 Å². The molecule has 0 bridgehead atoms. The maximum atomic E-state index is 3.63. The summed E-state index contributed by atoms with van der Waals surface area (Å²) >= 11 is 5.50.